The van der Waals surface area contributed by atoms with E-state index in [1.165, 1.54) is 25.7 Å². The maximum atomic E-state index is 11.7. The summed E-state index contributed by atoms with van der Waals surface area (Å²) in [5.41, 5.74) is 0.616. The zero-order valence-electron chi connectivity index (χ0n) is 27.5. The first-order valence-electron chi connectivity index (χ1n) is 17.1. The standard InChI is InChI=1S/C33H57O11P/c1-17(2)7-6-8-18(3)20-9-10-21-25-22(12-14-32(20,21)4)33(5)13-11-19(15-23(33)26(34)28(25)36)43-31-30(38)29(37)27(35)24(44-31)16-42-45(39,40)41/h17-22,24-25,27-31,34-38H,6-16H2,1-5H3,(H2,39,40,41)/t18-,19+,20-,21+,22+,24-,25+,27-,28?,29+,30+,31+,32-,33-/m1/s1. The van der Waals surface area contributed by atoms with Gasteiger partial charge in [-0.2, -0.15) is 0 Å². The van der Waals surface area contributed by atoms with Gasteiger partial charge in [-0.05, 0) is 96.9 Å². The van der Waals surface area contributed by atoms with Crippen molar-refractivity contribution in [3.63, 3.8) is 0 Å². The smallest absolute Gasteiger partial charge is 0.469 e. The second-order valence-corrected chi connectivity index (χ2v) is 17.1. The number of rotatable bonds is 10. The number of hydrogen-bond donors (Lipinski definition) is 7. The number of hydrogen-bond acceptors (Lipinski definition) is 9. The molecule has 45 heavy (non-hydrogen) atoms. The van der Waals surface area contributed by atoms with Crippen LogP contribution in [0.1, 0.15) is 98.8 Å². The topological polar surface area (TPSA) is 186 Å². The van der Waals surface area contributed by atoms with Gasteiger partial charge in [0.05, 0.1) is 12.7 Å². The third-order valence-corrected chi connectivity index (χ3v) is 13.3. The molecule has 4 aliphatic carbocycles. The van der Waals surface area contributed by atoms with Crippen LogP contribution in [0.2, 0.25) is 0 Å². The summed E-state index contributed by atoms with van der Waals surface area (Å²) in [6.45, 7) is 10.9. The van der Waals surface area contributed by atoms with Crippen molar-refractivity contribution in [1.82, 2.24) is 0 Å². The maximum Gasteiger partial charge on any atom is 0.469 e. The molecule has 1 saturated heterocycles. The average molecular weight is 661 g/mol. The molecular weight excluding hydrogens is 603 g/mol. The van der Waals surface area contributed by atoms with Crippen molar-refractivity contribution in [2.24, 2.45) is 46.3 Å². The predicted molar refractivity (Wildman–Crippen MR) is 166 cm³/mol. The number of phosphoric acid groups is 1. The lowest BCUT2D eigenvalue weighted by Gasteiger charge is -2.60. The zero-order chi connectivity index (χ0) is 33.1. The van der Waals surface area contributed by atoms with Gasteiger partial charge in [0.1, 0.15) is 36.3 Å². The summed E-state index contributed by atoms with van der Waals surface area (Å²) >= 11 is 0. The van der Waals surface area contributed by atoms with Crippen LogP contribution in [-0.2, 0) is 18.6 Å². The Kier molecular flexibility index (Phi) is 10.6. The van der Waals surface area contributed by atoms with Crippen LogP contribution < -0.4 is 0 Å². The third-order valence-electron chi connectivity index (χ3n) is 12.8. The molecule has 0 aromatic rings. The van der Waals surface area contributed by atoms with E-state index in [2.05, 4.69) is 39.1 Å². The van der Waals surface area contributed by atoms with Gasteiger partial charge in [0.15, 0.2) is 6.29 Å². The van der Waals surface area contributed by atoms with Gasteiger partial charge in [0, 0.05) is 0 Å². The number of aliphatic hydroxyl groups is 5. The lowest BCUT2D eigenvalue weighted by Crippen LogP contribution is -2.60. The van der Waals surface area contributed by atoms with Crippen LogP contribution in [0.5, 0.6) is 0 Å². The summed E-state index contributed by atoms with van der Waals surface area (Å²) in [7, 11) is -4.86. The summed E-state index contributed by atoms with van der Waals surface area (Å²) in [5, 5.41) is 54.6. The van der Waals surface area contributed by atoms with E-state index in [1.54, 1.807) is 0 Å². The highest BCUT2D eigenvalue weighted by molar-refractivity contribution is 7.46. The van der Waals surface area contributed by atoms with Gasteiger partial charge in [-0.1, -0.05) is 53.9 Å². The Morgan fingerprint density at radius 3 is 2.31 bits per heavy atom. The van der Waals surface area contributed by atoms with Crippen molar-refractivity contribution in [2.75, 3.05) is 6.61 Å². The van der Waals surface area contributed by atoms with E-state index in [9.17, 15) is 30.1 Å². The van der Waals surface area contributed by atoms with Crippen LogP contribution in [0.4, 0.5) is 0 Å². The van der Waals surface area contributed by atoms with Crippen LogP contribution in [0.15, 0.2) is 11.3 Å². The Morgan fingerprint density at radius 1 is 0.933 bits per heavy atom. The lowest BCUT2D eigenvalue weighted by atomic mass is 9.46. The van der Waals surface area contributed by atoms with E-state index in [4.69, 9.17) is 19.3 Å². The normalized spacial score (nSPS) is 46.1. The van der Waals surface area contributed by atoms with Gasteiger partial charge in [0.2, 0.25) is 0 Å². The molecule has 0 aromatic heterocycles. The molecule has 0 radical (unpaired) electrons. The average Bonchev–Trinajstić information content (AvgIpc) is 3.32. The van der Waals surface area contributed by atoms with Gasteiger partial charge in [-0.15, -0.1) is 0 Å². The van der Waals surface area contributed by atoms with E-state index in [1.807, 2.05) is 0 Å². The Bertz CT molecular complexity index is 1130. The fourth-order valence-electron chi connectivity index (χ4n) is 10.4. The van der Waals surface area contributed by atoms with Gasteiger partial charge in [-0.3, -0.25) is 4.52 Å². The van der Waals surface area contributed by atoms with Crippen molar-refractivity contribution < 1.29 is 53.9 Å². The number of ether oxygens (including phenoxy) is 2. The number of phosphoric ester groups is 1. The van der Waals surface area contributed by atoms with Crippen LogP contribution in [0.25, 0.3) is 0 Å². The van der Waals surface area contributed by atoms with Crippen molar-refractivity contribution in [2.45, 2.75) is 142 Å². The first kappa shape index (κ1) is 35.7. The molecular formula is C33H57O11P. The molecule has 0 spiro atoms. The molecule has 0 aromatic carbocycles. The first-order valence-corrected chi connectivity index (χ1v) is 18.7. The minimum absolute atomic E-state index is 0.00208. The van der Waals surface area contributed by atoms with Crippen LogP contribution in [0, 0.1) is 46.3 Å². The van der Waals surface area contributed by atoms with Crippen molar-refractivity contribution >= 4 is 7.82 Å². The molecule has 12 heteroatoms. The van der Waals surface area contributed by atoms with Crippen LogP contribution >= 0.6 is 7.82 Å². The first-order chi connectivity index (χ1) is 21.0. The summed E-state index contributed by atoms with van der Waals surface area (Å²) in [4.78, 5) is 18.1. The van der Waals surface area contributed by atoms with Crippen molar-refractivity contribution in [3.05, 3.63) is 11.3 Å². The largest absolute Gasteiger partial charge is 0.510 e. The zero-order valence-corrected chi connectivity index (χ0v) is 28.4. The van der Waals surface area contributed by atoms with Gasteiger partial charge >= 0.3 is 7.82 Å². The molecule has 11 nitrogen and oxygen atoms in total. The van der Waals surface area contributed by atoms with Crippen LogP contribution in [-0.4, -0.2) is 84.8 Å². The molecule has 4 fully saturated rings. The van der Waals surface area contributed by atoms with Crippen molar-refractivity contribution in [3.8, 4) is 0 Å². The molecule has 5 rings (SSSR count). The fourth-order valence-corrected chi connectivity index (χ4v) is 10.7. The molecule has 14 atom stereocenters. The van der Waals surface area contributed by atoms with E-state index < -0.39 is 57.3 Å². The number of fused-ring (bicyclic) bond motifs is 5. The van der Waals surface area contributed by atoms with E-state index in [-0.39, 0.29) is 28.4 Å². The summed E-state index contributed by atoms with van der Waals surface area (Å²) < 4.78 is 27.4. The molecule has 7 N–H and O–H groups in total. The number of aliphatic hydroxyl groups excluding tert-OH is 5. The molecule has 0 bridgehead atoms. The third kappa shape index (κ3) is 6.83. The SMILES string of the molecule is CC(C)CCC[C@@H](C)[C@H]1CC[C@H]2[C@@H]3C(O)C(O)=C4C[C@@H](O[C@H]5O[C@H](COP(=O)(O)O)[C@@H](O)[C@H](O)[C@@H]5O)CC[C@]4(C)[C@H]3CC[C@]12C. The monoisotopic (exact) mass is 660 g/mol. The Morgan fingerprint density at radius 2 is 1.64 bits per heavy atom. The van der Waals surface area contributed by atoms with Crippen molar-refractivity contribution in [1.29, 1.82) is 0 Å². The van der Waals surface area contributed by atoms with Gasteiger partial charge in [-0.25, -0.2) is 4.57 Å². The van der Waals surface area contributed by atoms with E-state index in [0.717, 1.165) is 24.8 Å². The minimum Gasteiger partial charge on any atom is -0.510 e. The molecule has 0 amide bonds. The molecule has 5 aliphatic rings. The van der Waals surface area contributed by atoms with E-state index >= 15 is 0 Å². The predicted octanol–water partition coefficient (Wildman–Crippen LogP) is 4.19. The second-order valence-electron chi connectivity index (χ2n) is 15.8. The Labute approximate surface area is 267 Å². The summed E-state index contributed by atoms with van der Waals surface area (Å²) in [6.07, 6.45) is 0.615. The van der Waals surface area contributed by atoms with Gasteiger partial charge in [0.25, 0.3) is 0 Å². The quantitative estimate of drug-likeness (QED) is 0.167. The maximum absolute atomic E-state index is 11.7. The second kappa shape index (κ2) is 13.4. The van der Waals surface area contributed by atoms with Gasteiger partial charge < -0.3 is 44.8 Å². The highest BCUT2D eigenvalue weighted by Crippen LogP contribution is 2.68. The molecule has 1 heterocycles. The highest BCUT2D eigenvalue weighted by atomic mass is 31.2. The van der Waals surface area contributed by atoms with E-state index in [0.29, 0.717) is 42.9 Å². The lowest BCUT2D eigenvalue weighted by molar-refractivity contribution is -0.312. The Hall–Kier alpha value is -0.590. The molecule has 1 unspecified atom stereocenters. The molecule has 260 valence electrons. The van der Waals surface area contributed by atoms with Crippen LogP contribution in [0.3, 0.4) is 0 Å². The summed E-state index contributed by atoms with van der Waals surface area (Å²) in [5.74, 6) is 2.60. The minimum atomic E-state index is -4.86. The highest BCUT2D eigenvalue weighted by Gasteiger charge is 2.63. The fraction of sp³-hybridized carbons (Fsp3) is 0.939. The summed E-state index contributed by atoms with van der Waals surface area (Å²) in [6, 6.07) is 0. The molecule has 1 aliphatic heterocycles. The molecule has 3 saturated carbocycles. The Balaban J connectivity index is 1.29.